The zero-order valence-corrected chi connectivity index (χ0v) is 22.0. The summed E-state index contributed by atoms with van der Waals surface area (Å²) in [5, 5.41) is 3.76. The van der Waals surface area contributed by atoms with Crippen molar-refractivity contribution in [1.82, 2.24) is 4.40 Å². The number of anilines is 3. The minimum absolute atomic E-state index is 1.14. The van der Waals surface area contributed by atoms with Gasteiger partial charge in [-0.2, -0.15) is 0 Å². The van der Waals surface area contributed by atoms with Crippen molar-refractivity contribution in [3.8, 4) is 11.1 Å². The molecule has 0 aliphatic rings. The Balaban J connectivity index is 1.33. The van der Waals surface area contributed by atoms with Crippen molar-refractivity contribution in [3.05, 3.63) is 146 Å². The molecule has 6 aromatic carbocycles. The van der Waals surface area contributed by atoms with Crippen LogP contribution in [0, 0.1) is 0 Å². The molecule has 0 saturated heterocycles. The van der Waals surface area contributed by atoms with Gasteiger partial charge >= 0.3 is 0 Å². The van der Waals surface area contributed by atoms with Gasteiger partial charge in [-0.15, -0.1) is 11.3 Å². The van der Waals surface area contributed by atoms with Gasteiger partial charge in [-0.3, -0.25) is 4.40 Å². The van der Waals surface area contributed by atoms with Gasteiger partial charge in [-0.05, 0) is 59.5 Å². The monoisotopic (exact) mass is 516 g/mol. The first kappa shape index (κ1) is 22.2. The fraction of sp³-hybridized carbons (Fsp3) is 0. The van der Waals surface area contributed by atoms with E-state index in [1.54, 1.807) is 0 Å². The van der Waals surface area contributed by atoms with E-state index in [1.165, 1.54) is 53.5 Å². The Morgan fingerprint density at radius 3 is 1.97 bits per heavy atom. The number of hydrogen-bond acceptors (Lipinski definition) is 2. The van der Waals surface area contributed by atoms with Gasteiger partial charge in [0.1, 0.15) is 4.83 Å². The SMILES string of the molecule is c1ccc(N(c2ccc(-c3c4ccccc4n4c3sc3ccccc34)cc2)c2cccc3ccccc23)cc1. The standard InChI is InChI=1S/C36H24N2S/c1-2-13-27(14-3-1)37(31-19-10-12-25-11-4-5-15-29(25)31)28-23-21-26(22-24-28)35-30-16-6-7-17-32(30)38-33-18-8-9-20-34(33)39-36(35)38/h1-24H. The van der Waals surface area contributed by atoms with Crippen LogP contribution in [-0.4, -0.2) is 4.40 Å². The lowest BCUT2D eigenvalue weighted by molar-refractivity contribution is 1.30. The van der Waals surface area contributed by atoms with E-state index >= 15 is 0 Å². The summed E-state index contributed by atoms with van der Waals surface area (Å²) in [6, 6.07) is 52.3. The Morgan fingerprint density at radius 2 is 1.13 bits per heavy atom. The molecule has 2 heterocycles. The lowest BCUT2D eigenvalue weighted by Gasteiger charge is -2.27. The van der Waals surface area contributed by atoms with Crippen molar-refractivity contribution in [2.24, 2.45) is 0 Å². The Morgan fingerprint density at radius 1 is 0.487 bits per heavy atom. The number of hydrogen-bond donors (Lipinski definition) is 0. The third-order valence-corrected chi connectivity index (χ3v) is 8.73. The minimum Gasteiger partial charge on any atom is -0.310 e. The maximum absolute atomic E-state index is 2.42. The molecule has 0 N–H and O–H groups in total. The molecular formula is C36H24N2S. The molecule has 0 atom stereocenters. The maximum Gasteiger partial charge on any atom is 0.109 e. The van der Waals surface area contributed by atoms with Crippen LogP contribution >= 0.6 is 11.3 Å². The van der Waals surface area contributed by atoms with E-state index < -0.39 is 0 Å². The summed E-state index contributed by atoms with van der Waals surface area (Å²) >= 11 is 1.87. The average molecular weight is 517 g/mol. The van der Waals surface area contributed by atoms with Crippen LogP contribution in [0.5, 0.6) is 0 Å². The molecule has 0 aliphatic heterocycles. The van der Waals surface area contributed by atoms with Gasteiger partial charge in [0.2, 0.25) is 0 Å². The first-order chi connectivity index (χ1) is 19.4. The predicted octanol–water partition coefficient (Wildman–Crippen LogP) is 10.6. The highest BCUT2D eigenvalue weighted by Gasteiger charge is 2.19. The van der Waals surface area contributed by atoms with E-state index in [2.05, 4.69) is 155 Å². The fourth-order valence-corrected chi connectivity index (χ4v) is 7.09. The number of para-hydroxylation sites is 3. The Kier molecular flexibility index (Phi) is 5.04. The van der Waals surface area contributed by atoms with Crippen LogP contribution < -0.4 is 4.90 Å². The second-order valence-electron chi connectivity index (χ2n) is 9.82. The van der Waals surface area contributed by atoms with Crippen LogP contribution in [-0.2, 0) is 0 Å². The second-order valence-corrected chi connectivity index (χ2v) is 10.8. The molecule has 0 radical (unpaired) electrons. The lowest BCUT2D eigenvalue weighted by Crippen LogP contribution is -2.10. The maximum atomic E-state index is 2.42. The minimum atomic E-state index is 1.14. The molecule has 2 aromatic heterocycles. The number of fused-ring (bicyclic) bond motifs is 6. The first-order valence-corrected chi connectivity index (χ1v) is 14.0. The molecule has 184 valence electrons. The van der Waals surface area contributed by atoms with Gasteiger partial charge in [-0.1, -0.05) is 97.1 Å². The molecule has 8 aromatic rings. The molecule has 0 unspecified atom stereocenters. The quantitative estimate of drug-likeness (QED) is 0.226. The predicted molar refractivity (Wildman–Crippen MR) is 168 cm³/mol. The topological polar surface area (TPSA) is 7.65 Å². The second kappa shape index (κ2) is 8.87. The molecule has 0 bridgehead atoms. The molecule has 0 saturated carbocycles. The fourth-order valence-electron chi connectivity index (χ4n) is 5.85. The van der Waals surface area contributed by atoms with Crippen molar-refractivity contribution in [1.29, 1.82) is 0 Å². The number of aromatic nitrogens is 1. The van der Waals surface area contributed by atoms with E-state index in [1.807, 2.05) is 11.3 Å². The van der Waals surface area contributed by atoms with E-state index in [4.69, 9.17) is 0 Å². The third kappa shape index (κ3) is 3.48. The van der Waals surface area contributed by atoms with Crippen molar-refractivity contribution in [2.45, 2.75) is 0 Å². The highest BCUT2D eigenvalue weighted by atomic mass is 32.1. The van der Waals surface area contributed by atoms with Crippen molar-refractivity contribution in [2.75, 3.05) is 4.90 Å². The molecule has 2 nitrogen and oxygen atoms in total. The van der Waals surface area contributed by atoms with Crippen LogP contribution in [0.3, 0.4) is 0 Å². The van der Waals surface area contributed by atoms with Crippen LogP contribution in [0.15, 0.2) is 146 Å². The van der Waals surface area contributed by atoms with Gasteiger partial charge in [0, 0.05) is 27.7 Å². The summed E-state index contributed by atoms with van der Waals surface area (Å²) in [6.07, 6.45) is 0. The van der Waals surface area contributed by atoms with Gasteiger partial charge in [0.25, 0.3) is 0 Å². The van der Waals surface area contributed by atoms with Crippen LogP contribution in [0.2, 0.25) is 0 Å². The van der Waals surface area contributed by atoms with Crippen LogP contribution in [0.4, 0.5) is 17.1 Å². The normalized spacial score (nSPS) is 11.6. The summed E-state index contributed by atoms with van der Waals surface area (Å²) in [7, 11) is 0. The molecule has 3 heteroatoms. The van der Waals surface area contributed by atoms with Gasteiger partial charge in [0.05, 0.1) is 21.4 Å². The molecule has 0 aliphatic carbocycles. The van der Waals surface area contributed by atoms with Gasteiger partial charge < -0.3 is 4.90 Å². The highest BCUT2D eigenvalue weighted by Crippen LogP contribution is 2.44. The number of benzene rings is 6. The zero-order valence-electron chi connectivity index (χ0n) is 21.2. The Bertz CT molecular complexity index is 2110. The number of thiazole rings is 1. The van der Waals surface area contributed by atoms with Crippen LogP contribution in [0.25, 0.3) is 47.8 Å². The van der Waals surface area contributed by atoms with Gasteiger partial charge in [-0.25, -0.2) is 0 Å². The Hall–Kier alpha value is -4.86. The highest BCUT2D eigenvalue weighted by molar-refractivity contribution is 7.24. The number of rotatable bonds is 4. The van der Waals surface area contributed by atoms with E-state index in [-0.39, 0.29) is 0 Å². The smallest absolute Gasteiger partial charge is 0.109 e. The van der Waals surface area contributed by atoms with E-state index in [0.717, 1.165) is 11.4 Å². The summed E-state index contributed by atoms with van der Waals surface area (Å²) in [5.41, 5.74) is 8.51. The molecule has 0 amide bonds. The third-order valence-electron chi connectivity index (χ3n) is 7.58. The van der Waals surface area contributed by atoms with E-state index in [9.17, 15) is 0 Å². The van der Waals surface area contributed by atoms with Crippen molar-refractivity contribution >= 4 is 65.1 Å². The van der Waals surface area contributed by atoms with E-state index in [0.29, 0.717) is 0 Å². The zero-order chi connectivity index (χ0) is 25.8. The van der Waals surface area contributed by atoms with Gasteiger partial charge in [0.15, 0.2) is 0 Å². The van der Waals surface area contributed by atoms with Crippen molar-refractivity contribution < 1.29 is 0 Å². The average Bonchev–Trinajstić information content (AvgIpc) is 3.53. The molecule has 0 spiro atoms. The molecule has 0 fully saturated rings. The largest absolute Gasteiger partial charge is 0.310 e. The first-order valence-electron chi connectivity index (χ1n) is 13.2. The lowest BCUT2D eigenvalue weighted by atomic mass is 10.0. The summed E-state index contributed by atoms with van der Waals surface area (Å²) < 4.78 is 3.73. The molecule has 39 heavy (non-hydrogen) atoms. The summed E-state index contributed by atoms with van der Waals surface area (Å²) in [5.74, 6) is 0. The molecular weight excluding hydrogens is 492 g/mol. The summed E-state index contributed by atoms with van der Waals surface area (Å²) in [4.78, 5) is 3.65. The van der Waals surface area contributed by atoms with Crippen molar-refractivity contribution in [3.63, 3.8) is 0 Å². The van der Waals surface area contributed by atoms with Crippen LogP contribution in [0.1, 0.15) is 0 Å². The molecule has 8 rings (SSSR count). The summed E-state index contributed by atoms with van der Waals surface area (Å²) in [6.45, 7) is 0. The number of nitrogens with zero attached hydrogens (tertiary/aromatic N) is 2. The Labute approximate surface area is 230 Å².